The lowest BCUT2D eigenvalue weighted by Gasteiger charge is -2.41. The lowest BCUT2D eigenvalue weighted by Crippen LogP contribution is -2.53. The van der Waals surface area contributed by atoms with Crippen LogP contribution >= 0.6 is 0 Å². The van der Waals surface area contributed by atoms with E-state index in [0.717, 1.165) is 0 Å². The highest BCUT2D eigenvalue weighted by molar-refractivity contribution is 5.91. The second kappa shape index (κ2) is 5.71. The lowest BCUT2D eigenvalue weighted by atomic mass is 9.69. The molecule has 1 aliphatic rings. The minimum absolute atomic E-state index is 0.0921. The standard InChI is InChI=1S/C15H16N2O6/c1-15(2)12(14(20)21)11(10(7-16-15)13(18)19)8-3-5-9(6-4-8)17(22)23/h3-7,11-12,16H,1-2H3,(H,18,19)(H,20,21). The molecule has 1 aromatic carbocycles. The fourth-order valence-corrected chi connectivity index (χ4v) is 2.86. The maximum Gasteiger partial charge on any atom is 0.333 e. The number of carbonyl (C=O) groups is 2. The van der Waals surface area contributed by atoms with Crippen LogP contribution < -0.4 is 5.32 Å². The summed E-state index contributed by atoms with van der Waals surface area (Å²) in [6.07, 6.45) is 1.30. The summed E-state index contributed by atoms with van der Waals surface area (Å²) >= 11 is 0. The van der Waals surface area contributed by atoms with E-state index in [4.69, 9.17) is 0 Å². The molecule has 3 N–H and O–H groups in total. The zero-order chi connectivity index (χ0) is 17.4. The van der Waals surface area contributed by atoms with Crippen LogP contribution in [-0.4, -0.2) is 32.6 Å². The molecule has 8 heteroatoms. The number of nitro benzene ring substituents is 1. The van der Waals surface area contributed by atoms with Gasteiger partial charge in [-0.25, -0.2) is 4.79 Å². The summed E-state index contributed by atoms with van der Waals surface area (Å²) in [7, 11) is 0. The van der Waals surface area contributed by atoms with E-state index < -0.39 is 34.2 Å². The fourth-order valence-electron chi connectivity index (χ4n) is 2.86. The molecule has 1 aliphatic heterocycles. The van der Waals surface area contributed by atoms with Gasteiger partial charge >= 0.3 is 11.9 Å². The van der Waals surface area contributed by atoms with Gasteiger partial charge in [-0.3, -0.25) is 14.9 Å². The zero-order valence-corrected chi connectivity index (χ0v) is 12.5. The molecule has 2 unspecified atom stereocenters. The van der Waals surface area contributed by atoms with E-state index in [1.54, 1.807) is 13.8 Å². The van der Waals surface area contributed by atoms with Crippen molar-refractivity contribution in [2.24, 2.45) is 5.92 Å². The van der Waals surface area contributed by atoms with E-state index in [9.17, 15) is 29.9 Å². The summed E-state index contributed by atoms with van der Waals surface area (Å²) in [6, 6.07) is 5.28. The van der Waals surface area contributed by atoms with Gasteiger partial charge in [0.05, 0.1) is 16.4 Å². The highest BCUT2D eigenvalue weighted by Crippen LogP contribution is 2.41. The van der Waals surface area contributed by atoms with Crippen LogP contribution in [0.4, 0.5) is 5.69 Å². The topological polar surface area (TPSA) is 130 Å². The first-order valence-electron chi connectivity index (χ1n) is 6.83. The number of hydrogen-bond donors (Lipinski definition) is 3. The second-order valence-corrected chi connectivity index (χ2v) is 5.91. The first kappa shape index (κ1) is 16.5. The van der Waals surface area contributed by atoms with Crippen molar-refractivity contribution in [3.63, 3.8) is 0 Å². The van der Waals surface area contributed by atoms with E-state index >= 15 is 0 Å². The van der Waals surface area contributed by atoms with Gasteiger partial charge in [-0.1, -0.05) is 12.1 Å². The van der Waals surface area contributed by atoms with Crippen LogP contribution in [0.1, 0.15) is 25.3 Å². The molecule has 0 aromatic heterocycles. The molecule has 0 saturated heterocycles. The number of carboxylic acid groups (broad SMARTS) is 2. The van der Waals surface area contributed by atoms with Gasteiger partial charge in [0.1, 0.15) is 0 Å². The number of benzene rings is 1. The third-order valence-electron chi connectivity index (χ3n) is 4.02. The summed E-state index contributed by atoms with van der Waals surface area (Å²) in [4.78, 5) is 33.4. The first-order valence-corrected chi connectivity index (χ1v) is 6.83. The SMILES string of the molecule is CC1(C)NC=C(C(=O)O)C(c2ccc([N+](=O)[O-])cc2)C1C(=O)O. The maximum absolute atomic E-state index is 11.7. The molecule has 2 atom stereocenters. The Hall–Kier alpha value is -2.90. The van der Waals surface area contributed by atoms with Gasteiger partial charge in [-0.2, -0.15) is 0 Å². The molecule has 2 rings (SSSR count). The Morgan fingerprint density at radius 3 is 2.22 bits per heavy atom. The molecule has 0 fully saturated rings. The van der Waals surface area contributed by atoms with Crippen LogP contribution in [0.15, 0.2) is 36.0 Å². The monoisotopic (exact) mass is 320 g/mol. The van der Waals surface area contributed by atoms with Gasteiger partial charge in [0.25, 0.3) is 5.69 Å². The Kier molecular flexibility index (Phi) is 4.09. The molecule has 1 aromatic rings. The van der Waals surface area contributed by atoms with Crippen LogP contribution in [0.25, 0.3) is 0 Å². The molecule has 1 heterocycles. The average Bonchev–Trinajstić information content (AvgIpc) is 2.45. The van der Waals surface area contributed by atoms with Crippen molar-refractivity contribution in [1.29, 1.82) is 0 Å². The third kappa shape index (κ3) is 3.01. The normalized spacial score (nSPS) is 22.6. The van der Waals surface area contributed by atoms with Crippen molar-refractivity contribution in [3.8, 4) is 0 Å². The van der Waals surface area contributed by atoms with Gasteiger partial charge in [0.15, 0.2) is 0 Å². The van der Waals surface area contributed by atoms with Crippen LogP contribution in [0.5, 0.6) is 0 Å². The first-order chi connectivity index (χ1) is 10.6. The second-order valence-electron chi connectivity index (χ2n) is 5.91. The Morgan fingerprint density at radius 1 is 1.22 bits per heavy atom. The third-order valence-corrected chi connectivity index (χ3v) is 4.02. The van der Waals surface area contributed by atoms with Crippen molar-refractivity contribution in [2.75, 3.05) is 0 Å². The van der Waals surface area contributed by atoms with Crippen molar-refractivity contribution < 1.29 is 24.7 Å². The van der Waals surface area contributed by atoms with Gasteiger partial charge < -0.3 is 15.5 Å². The summed E-state index contributed by atoms with van der Waals surface area (Å²) in [5.74, 6) is -4.33. The summed E-state index contributed by atoms with van der Waals surface area (Å²) in [5.41, 5.74) is -0.705. The molecule has 0 aliphatic carbocycles. The number of carboxylic acids is 2. The Bertz CT molecular complexity index is 692. The Balaban J connectivity index is 2.57. The van der Waals surface area contributed by atoms with Crippen LogP contribution in [0.2, 0.25) is 0 Å². The van der Waals surface area contributed by atoms with Crippen molar-refractivity contribution in [3.05, 3.63) is 51.7 Å². The zero-order valence-electron chi connectivity index (χ0n) is 12.5. The van der Waals surface area contributed by atoms with E-state index in [1.165, 1.54) is 30.5 Å². The van der Waals surface area contributed by atoms with E-state index in [2.05, 4.69) is 5.32 Å². The molecule has 8 nitrogen and oxygen atoms in total. The molecular formula is C15H16N2O6. The number of nitro groups is 1. The average molecular weight is 320 g/mol. The number of aliphatic carboxylic acids is 2. The van der Waals surface area contributed by atoms with Gasteiger partial charge in [-0.05, 0) is 19.4 Å². The molecule has 0 amide bonds. The summed E-state index contributed by atoms with van der Waals surface area (Å²) in [6.45, 7) is 3.33. The number of hydrogen-bond acceptors (Lipinski definition) is 5. The van der Waals surface area contributed by atoms with Crippen LogP contribution in [0.3, 0.4) is 0 Å². The molecule has 122 valence electrons. The van der Waals surface area contributed by atoms with Crippen molar-refractivity contribution in [1.82, 2.24) is 5.32 Å². The van der Waals surface area contributed by atoms with Gasteiger partial charge in [0.2, 0.25) is 0 Å². The van der Waals surface area contributed by atoms with Gasteiger partial charge in [0, 0.05) is 29.8 Å². The maximum atomic E-state index is 11.7. The smallest absolute Gasteiger partial charge is 0.333 e. The molecule has 0 saturated carbocycles. The predicted molar refractivity (Wildman–Crippen MR) is 79.9 cm³/mol. The molecule has 23 heavy (non-hydrogen) atoms. The van der Waals surface area contributed by atoms with Crippen LogP contribution in [-0.2, 0) is 9.59 Å². The van der Waals surface area contributed by atoms with Gasteiger partial charge in [-0.15, -0.1) is 0 Å². The molecule has 0 bridgehead atoms. The predicted octanol–water partition coefficient (Wildman–Crippen LogP) is 1.73. The Labute approximate surface area is 131 Å². The van der Waals surface area contributed by atoms with E-state index in [0.29, 0.717) is 5.56 Å². The highest BCUT2D eigenvalue weighted by Gasteiger charge is 2.47. The Morgan fingerprint density at radius 2 is 1.78 bits per heavy atom. The molecule has 0 radical (unpaired) electrons. The van der Waals surface area contributed by atoms with Crippen molar-refractivity contribution >= 4 is 17.6 Å². The number of nitrogens with zero attached hydrogens (tertiary/aromatic N) is 1. The largest absolute Gasteiger partial charge is 0.481 e. The summed E-state index contributed by atoms with van der Waals surface area (Å²) in [5, 5.41) is 32.5. The minimum atomic E-state index is -1.23. The van der Waals surface area contributed by atoms with E-state index in [-0.39, 0.29) is 11.3 Å². The quantitative estimate of drug-likeness (QED) is 0.569. The number of rotatable bonds is 4. The molecule has 0 spiro atoms. The minimum Gasteiger partial charge on any atom is -0.481 e. The van der Waals surface area contributed by atoms with Crippen LogP contribution in [0, 0.1) is 16.0 Å². The highest BCUT2D eigenvalue weighted by atomic mass is 16.6. The molecular weight excluding hydrogens is 304 g/mol. The van der Waals surface area contributed by atoms with Crippen molar-refractivity contribution in [2.45, 2.75) is 25.3 Å². The number of nitrogens with one attached hydrogen (secondary N) is 1. The van der Waals surface area contributed by atoms with E-state index in [1.807, 2.05) is 0 Å². The fraction of sp³-hybridized carbons (Fsp3) is 0.333. The summed E-state index contributed by atoms with van der Waals surface area (Å²) < 4.78 is 0. The lowest BCUT2D eigenvalue weighted by molar-refractivity contribution is -0.384. The number of non-ortho nitro benzene ring substituents is 1.